The maximum Gasteiger partial charge on any atom is 0.258 e. The average Bonchev–Trinajstić information content (AvgIpc) is 3.28. The molecule has 23 heavy (non-hydrogen) atoms. The third-order valence-corrected chi connectivity index (χ3v) is 4.69. The highest BCUT2D eigenvalue weighted by Gasteiger charge is 2.36. The summed E-state index contributed by atoms with van der Waals surface area (Å²) in [7, 11) is 0. The van der Waals surface area contributed by atoms with Gasteiger partial charge in [0.2, 0.25) is 0 Å². The van der Waals surface area contributed by atoms with Crippen molar-refractivity contribution in [3.8, 4) is 17.1 Å². The van der Waals surface area contributed by atoms with Crippen LogP contribution in [0, 0.1) is 0 Å². The largest absolute Gasteiger partial charge is 0.334 e. The molecule has 3 aromatic rings. The molecule has 1 aromatic carbocycles. The predicted molar refractivity (Wildman–Crippen MR) is 88.9 cm³/mol. The van der Waals surface area contributed by atoms with E-state index in [1.165, 1.54) is 0 Å². The van der Waals surface area contributed by atoms with Crippen LogP contribution in [0.4, 0.5) is 0 Å². The van der Waals surface area contributed by atoms with Gasteiger partial charge in [-0.1, -0.05) is 24.1 Å². The SMILES string of the molecule is NC1(c2noc(-c3cccc(-n4cc(Br)cn4)c3)n2)CCCC1. The first kappa shape index (κ1) is 14.6. The molecule has 0 spiro atoms. The van der Waals surface area contributed by atoms with Crippen LogP contribution in [-0.2, 0) is 5.54 Å². The molecule has 0 saturated heterocycles. The van der Waals surface area contributed by atoms with E-state index < -0.39 is 5.54 Å². The van der Waals surface area contributed by atoms with Gasteiger partial charge in [-0.05, 0) is 47.0 Å². The Morgan fingerprint density at radius 2 is 2.09 bits per heavy atom. The maximum atomic E-state index is 6.39. The lowest BCUT2D eigenvalue weighted by atomic mass is 9.99. The van der Waals surface area contributed by atoms with Crippen molar-refractivity contribution >= 4 is 15.9 Å². The summed E-state index contributed by atoms with van der Waals surface area (Å²) in [4.78, 5) is 4.53. The van der Waals surface area contributed by atoms with Crippen molar-refractivity contribution in [2.75, 3.05) is 0 Å². The topological polar surface area (TPSA) is 82.8 Å². The van der Waals surface area contributed by atoms with Gasteiger partial charge in [0.1, 0.15) is 0 Å². The first-order valence-corrected chi connectivity index (χ1v) is 8.37. The van der Waals surface area contributed by atoms with Crippen molar-refractivity contribution in [3.05, 3.63) is 47.0 Å². The fraction of sp³-hybridized carbons (Fsp3) is 0.312. The lowest BCUT2D eigenvalue weighted by Gasteiger charge is -2.17. The second-order valence-corrected chi connectivity index (χ2v) is 6.86. The minimum Gasteiger partial charge on any atom is -0.334 e. The number of halogens is 1. The summed E-state index contributed by atoms with van der Waals surface area (Å²) in [6.07, 6.45) is 7.69. The quantitative estimate of drug-likeness (QED) is 0.760. The number of nitrogens with zero attached hydrogens (tertiary/aromatic N) is 4. The highest BCUT2D eigenvalue weighted by molar-refractivity contribution is 9.10. The van der Waals surface area contributed by atoms with Crippen molar-refractivity contribution < 1.29 is 4.52 Å². The number of aromatic nitrogens is 4. The van der Waals surface area contributed by atoms with Gasteiger partial charge in [0.05, 0.1) is 21.9 Å². The Kier molecular flexibility index (Phi) is 3.54. The smallest absolute Gasteiger partial charge is 0.258 e. The summed E-state index contributed by atoms with van der Waals surface area (Å²) in [6, 6.07) is 7.82. The number of nitrogens with two attached hydrogens (primary N) is 1. The highest BCUT2D eigenvalue weighted by Crippen LogP contribution is 2.35. The van der Waals surface area contributed by atoms with Crippen LogP contribution in [0.1, 0.15) is 31.5 Å². The van der Waals surface area contributed by atoms with Crippen LogP contribution in [0.2, 0.25) is 0 Å². The molecule has 2 aromatic heterocycles. The minimum absolute atomic E-state index is 0.438. The van der Waals surface area contributed by atoms with Crippen LogP contribution in [0.3, 0.4) is 0 Å². The zero-order chi connectivity index (χ0) is 15.9. The zero-order valence-electron chi connectivity index (χ0n) is 12.4. The second kappa shape index (κ2) is 5.58. The van der Waals surface area contributed by atoms with Crippen LogP contribution >= 0.6 is 15.9 Å². The summed E-state index contributed by atoms with van der Waals surface area (Å²) in [5.74, 6) is 1.10. The molecule has 2 N–H and O–H groups in total. The molecular weight excluding hydrogens is 358 g/mol. The Balaban J connectivity index is 1.67. The molecule has 118 valence electrons. The molecular formula is C16H16BrN5O. The van der Waals surface area contributed by atoms with E-state index in [-0.39, 0.29) is 0 Å². The van der Waals surface area contributed by atoms with Crippen LogP contribution < -0.4 is 5.73 Å². The van der Waals surface area contributed by atoms with Gasteiger partial charge in [0, 0.05) is 11.8 Å². The molecule has 0 bridgehead atoms. The number of rotatable bonds is 3. The van der Waals surface area contributed by atoms with Crippen molar-refractivity contribution in [3.63, 3.8) is 0 Å². The monoisotopic (exact) mass is 373 g/mol. The van der Waals surface area contributed by atoms with Crippen LogP contribution in [0.5, 0.6) is 0 Å². The molecule has 0 radical (unpaired) electrons. The maximum absolute atomic E-state index is 6.39. The van der Waals surface area contributed by atoms with Gasteiger partial charge in [-0.15, -0.1) is 0 Å². The highest BCUT2D eigenvalue weighted by atomic mass is 79.9. The third-order valence-electron chi connectivity index (χ3n) is 4.28. The number of hydrogen-bond donors (Lipinski definition) is 1. The van der Waals surface area contributed by atoms with E-state index in [2.05, 4.69) is 31.2 Å². The summed E-state index contributed by atoms with van der Waals surface area (Å²) < 4.78 is 8.15. The molecule has 1 fully saturated rings. The molecule has 6 nitrogen and oxygen atoms in total. The van der Waals surface area contributed by atoms with Crippen molar-refractivity contribution in [1.29, 1.82) is 0 Å². The lowest BCUT2D eigenvalue weighted by Crippen LogP contribution is -2.34. The van der Waals surface area contributed by atoms with Gasteiger partial charge >= 0.3 is 0 Å². The van der Waals surface area contributed by atoms with Gasteiger partial charge < -0.3 is 10.3 Å². The second-order valence-electron chi connectivity index (χ2n) is 5.94. The predicted octanol–water partition coefficient (Wildman–Crippen LogP) is 3.41. The molecule has 7 heteroatoms. The van der Waals surface area contributed by atoms with Gasteiger partial charge in [0.25, 0.3) is 5.89 Å². The molecule has 1 saturated carbocycles. The van der Waals surface area contributed by atoms with E-state index in [0.717, 1.165) is 41.4 Å². The normalized spacial score (nSPS) is 16.8. The first-order valence-electron chi connectivity index (χ1n) is 7.58. The molecule has 0 aliphatic heterocycles. The van der Waals surface area contributed by atoms with Gasteiger partial charge in [-0.2, -0.15) is 10.1 Å². The zero-order valence-corrected chi connectivity index (χ0v) is 14.0. The van der Waals surface area contributed by atoms with Crippen LogP contribution in [0.25, 0.3) is 17.1 Å². The first-order chi connectivity index (χ1) is 11.1. The Hall–Kier alpha value is -1.99. The number of hydrogen-bond acceptors (Lipinski definition) is 5. The van der Waals surface area contributed by atoms with E-state index in [0.29, 0.717) is 11.7 Å². The van der Waals surface area contributed by atoms with Gasteiger partial charge in [0.15, 0.2) is 5.82 Å². The van der Waals surface area contributed by atoms with E-state index in [1.54, 1.807) is 10.9 Å². The lowest BCUT2D eigenvalue weighted by molar-refractivity contribution is 0.372. The van der Waals surface area contributed by atoms with Crippen LogP contribution in [0.15, 0.2) is 45.7 Å². The van der Waals surface area contributed by atoms with Crippen molar-refractivity contribution in [2.24, 2.45) is 5.73 Å². The molecule has 4 rings (SSSR count). The Bertz CT molecular complexity index is 834. The molecule has 0 unspecified atom stereocenters. The molecule has 0 atom stereocenters. The Morgan fingerprint density at radius 3 is 2.83 bits per heavy atom. The van der Waals surface area contributed by atoms with E-state index in [9.17, 15) is 0 Å². The van der Waals surface area contributed by atoms with E-state index >= 15 is 0 Å². The third kappa shape index (κ3) is 2.70. The van der Waals surface area contributed by atoms with E-state index in [4.69, 9.17) is 10.3 Å². The van der Waals surface area contributed by atoms with Crippen molar-refractivity contribution in [2.45, 2.75) is 31.2 Å². The van der Waals surface area contributed by atoms with Gasteiger partial charge in [-0.3, -0.25) is 0 Å². The van der Waals surface area contributed by atoms with Crippen molar-refractivity contribution in [1.82, 2.24) is 19.9 Å². The number of benzene rings is 1. The minimum atomic E-state index is -0.438. The molecule has 1 aliphatic carbocycles. The van der Waals surface area contributed by atoms with Crippen LogP contribution in [-0.4, -0.2) is 19.9 Å². The van der Waals surface area contributed by atoms with E-state index in [1.807, 2.05) is 30.5 Å². The Morgan fingerprint density at radius 1 is 1.26 bits per heavy atom. The van der Waals surface area contributed by atoms with Gasteiger partial charge in [-0.25, -0.2) is 4.68 Å². The molecule has 2 heterocycles. The standard InChI is InChI=1S/C16H16BrN5O/c17-12-9-19-22(10-12)13-5-3-4-11(8-13)14-20-15(21-23-14)16(18)6-1-2-7-16/h3-5,8-10H,1-2,6-7,18H2. The fourth-order valence-corrected chi connectivity index (χ4v) is 3.28. The molecule has 1 aliphatic rings. The summed E-state index contributed by atoms with van der Waals surface area (Å²) in [5, 5.41) is 8.40. The average molecular weight is 374 g/mol. The molecule has 0 amide bonds. The Labute approximate surface area is 141 Å². The summed E-state index contributed by atoms with van der Waals surface area (Å²) in [6.45, 7) is 0. The summed E-state index contributed by atoms with van der Waals surface area (Å²) in [5.41, 5.74) is 7.74. The fourth-order valence-electron chi connectivity index (χ4n) is 3.00. The summed E-state index contributed by atoms with van der Waals surface area (Å²) >= 11 is 3.40.